The van der Waals surface area contributed by atoms with Gasteiger partial charge in [-0.25, -0.2) is 0 Å². The third-order valence-electron chi connectivity index (χ3n) is 3.96. The van der Waals surface area contributed by atoms with E-state index in [1.165, 1.54) is 12.8 Å². The number of rotatable bonds is 4. The fourth-order valence-corrected chi connectivity index (χ4v) is 3.12. The van der Waals surface area contributed by atoms with Crippen molar-refractivity contribution in [2.45, 2.75) is 26.7 Å². The first-order chi connectivity index (χ1) is 9.61. The van der Waals surface area contributed by atoms with E-state index in [4.69, 9.17) is 0 Å². The Morgan fingerprint density at radius 1 is 1.40 bits per heavy atom. The minimum atomic E-state index is 0.140. The molecule has 0 spiro atoms. The van der Waals surface area contributed by atoms with Crippen LogP contribution in [0, 0.1) is 12.8 Å². The standard InChI is InChI=1S/C16H23BrN2O/c1-3-19(11-13-6-8-18-9-7-13)16(20)14-10-12(2)4-5-15(14)17/h4-5,10,13,18H,3,6-9,11H2,1-2H3. The van der Waals surface area contributed by atoms with E-state index < -0.39 is 0 Å². The molecular formula is C16H23BrN2O. The maximum Gasteiger partial charge on any atom is 0.255 e. The van der Waals surface area contributed by atoms with Crippen LogP contribution in [0.1, 0.15) is 35.7 Å². The Morgan fingerprint density at radius 3 is 2.75 bits per heavy atom. The topological polar surface area (TPSA) is 32.3 Å². The van der Waals surface area contributed by atoms with Gasteiger partial charge in [-0.2, -0.15) is 0 Å². The lowest BCUT2D eigenvalue weighted by molar-refractivity contribution is 0.0726. The Morgan fingerprint density at radius 2 is 2.10 bits per heavy atom. The van der Waals surface area contributed by atoms with E-state index in [0.717, 1.165) is 41.8 Å². The highest BCUT2D eigenvalue weighted by Gasteiger charge is 2.22. The second-order valence-electron chi connectivity index (χ2n) is 5.52. The number of amides is 1. The van der Waals surface area contributed by atoms with Crippen molar-refractivity contribution in [3.63, 3.8) is 0 Å². The molecule has 0 aliphatic carbocycles. The SMILES string of the molecule is CCN(CC1CCNCC1)C(=O)c1cc(C)ccc1Br. The van der Waals surface area contributed by atoms with Gasteiger partial charge in [-0.1, -0.05) is 11.6 Å². The molecule has 1 aliphatic rings. The molecule has 20 heavy (non-hydrogen) atoms. The van der Waals surface area contributed by atoms with Gasteiger partial charge in [-0.15, -0.1) is 0 Å². The number of benzene rings is 1. The molecule has 1 aliphatic heterocycles. The molecule has 1 saturated heterocycles. The number of nitrogens with zero attached hydrogens (tertiary/aromatic N) is 1. The molecule has 4 heteroatoms. The molecule has 0 atom stereocenters. The molecule has 2 rings (SSSR count). The smallest absolute Gasteiger partial charge is 0.255 e. The minimum Gasteiger partial charge on any atom is -0.339 e. The van der Waals surface area contributed by atoms with Crippen LogP contribution in [-0.2, 0) is 0 Å². The lowest BCUT2D eigenvalue weighted by atomic mass is 9.97. The zero-order chi connectivity index (χ0) is 14.5. The summed E-state index contributed by atoms with van der Waals surface area (Å²) >= 11 is 3.50. The molecule has 1 fully saturated rings. The van der Waals surface area contributed by atoms with Crippen molar-refractivity contribution >= 4 is 21.8 Å². The van der Waals surface area contributed by atoms with Crippen molar-refractivity contribution in [2.24, 2.45) is 5.92 Å². The highest BCUT2D eigenvalue weighted by atomic mass is 79.9. The van der Waals surface area contributed by atoms with Crippen LogP contribution in [0.4, 0.5) is 0 Å². The highest BCUT2D eigenvalue weighted by molar-refractivity contribution is 9.10. The summed E-state index contributed by atoms with van der Waals surface area (Å²) in [7, 11) is 0. The molecule has 1 aromatic carbocycles. The summed E-state index contributed by atoms with van der Waals surface area (Å²) in [5.74, 6) is 0.769. The van der Waals surface area contributed by atoms with Gasteiger partial charge in [0.25, 0.3) is 5.91 Å². The van der Waals surface area contributed by atoms with Crippen LogP contribution in [0.2, 0.25) is 0 Å². The van der Waals surface area contributed by atoms with Crippen LogP contribution in [-0.4, -0.2) is 37.0 Å². The third-order valence-corrected chi connectivity index (χ3v) is 4.65. The summed E-state index contributed by atoms with van der Waals surface area (Å²) in [6.45, 7) is 7.87. The van der Waals surface area contributed by atoms with E-state index in [-0.39, 0.29) is 5.91 Å². The summed E-state index contributed by atoms with van der Waals surface area (Å²) in [6, 6.07) is 5.95. The summed E-state index contributed by atoms with van der Waals surface area (Å²) in [5.41, 5.74) is 1.90. The zero-order valence-electron chi connectivity index (χ0n) is 12.3. The predicted octanol–water partition coefficient (Wildman–Crippen LogP) is 3.22. The monoisotopic (exact) mass is 338 g/mol. The van der Waals surface area contributed by atoms with Gasteiger partial charge >= 0.3 is 0 Å². The number of hydrogen-bond donors (Lipinski definition) is 1. The second kappa shape index (κ2) is 7.23. The summed E-state index contributed by atoms with van der Waals surface area (Å²) in [4.78, 5) is 14.7. The number of aryl methyl sites for hydroxylation is 1. The first-order valence-corrected chi connectivity index (χ1v) is 8.17. The van der Waals surface area contributed by atoms with Gasteiger partial charge in [-0.05, 0) is 73.8 Å². The van der Waals surface area contributed by atoms with Crippen LogP contribution < -0.4 is 5.32 Å². The fraction of sp³-hybridized carbons (Fsp3) is 0.562. The molecule has 0 unspecified atom stereocenters. The Bertz CT molecular complexity index is 470. The quantitative estimate of drug-likeness (QED) is 0.914. The Balaban J connectivity index is 2.09. The zero-order valence-corrected chi connectivity index (χ0v) is 13.9. The molecule has 1 N–H and O–H groups in total. The van der Waals surface area contributed by atoms with Crippen molar-refractivity contribution < 1.29 is 4.79 Å². The lowest BCUT2D eigenvalue weighted by Crippen LogP contribution is -2.39. The number of hydrogen-bond acceptors (Lipinski definition) is 2. The van der Waals surface area contributed by atoms with E-state index in [0.29, 0.717) is 5.92 Å². The van der Waals surface area contributed by atoms with E-state index in [2.05, 4.69) is 28.2 Å². The van der Waals surface area contributed by atoms with Crippen LogP contribution in [0.5, 0.6) is 0 Å². The number of carbonyl (C=O) groups is 1. The van der Waals surface area contributed by atoms with Crippen LogP contribution >= 0.6 is 15.9 Å². The summed E-state index contributed by atoms with van der Waals surface area (Å²) in [5, 5.41) is 3.37. The molecule has 0 aromatic heterocycles. The van der Waals surface area contributed by atoms with E-state index in [1.54, 1.807) is 0 Å². The maximum atomic E-state index is 12.7. The fourth-order valence-electron chi connectivity index (χ4n) is 2.70. The van der Waals surface area contributed by atoms with Crippen LogP contribution in [0.25, 0.3) is 0 Å². The molecule has 1 amide bonds. The Labute approximate surface area is 129 Å². The van der Waals surface area contributed by atoms with E-state index >= 15 is 0 Å². The van der Waals surface area contributed by atoms with Crippen molar-refractivity contribution in [1.82, 2.24) is 10.2 Å². The minimum absolute atomic E-state index is 0.140. The van der Waals surface area contributed by atoms with Gasteiger partial charge in [0, 0.05) is 17.6 Å². The van der Waals surface area contributed by atoms with Gasteiger partial charge in [0.05, 0.1) is 5.56 Å². The molecule has 3 nitrogen and oxygen atoms in total. The highest BCUT2D eigenvalue weighted by Crippen LogP contribution is 2.21. The average molecular weight is 339 g/mol. The lowest BCUT2D eigenvalue weighted by Gasteiger charge is -2.29. The van der Waals surface area contributed by atoms with Crippen LogP contribution in [0.15, 0.2) is 22.7 Å². The third kappa shape index (κ3) is 3.83. The molecule has 0 radical (unpaired) electrons. The number of piperidine rings is 1. The van der Waals surface area contributed by atoms with Crippen molar-refractivity contribution in [3.05, 3.63) is 33.8 Å². The number of carbonyl (C=O) groups excluding carboxylic acids is 1. The van der Waals surface area contributed by atoms with Gasteiger partial charge in [0.1, 0.15) is 0 Å². The molecule has 1 heterocycles. The number of halogens is 1. The van der Waals surface area contributed by atoms with Crippen molar-refractivity contribution in [2.75, 3.05) is 26.2 Å². The largest absolute Gasteiger partial charge is 0.339 e. The van der Waals surface area contributed by atoms with Gasteiger partial charge in [-0.3, -0.25) is 4.79 Å². The first-order valence-electron chi connectivity index (χ1n) is 7.38. The Hall–Kier alpha value is -0.870. The van der Waals surface area contributed by atoms with E-state index in [1.807, 2.05) is 30.0 Å². The molecule has 0 saturated carbocycles. The predicted molar refractivity (Wildman–Crippen MR) is 86.1 cm³/mol. The summed E-state index contributed by atoms with van der Waals surface area (Å²) in [6.07, 6.45) is 2.33. The first kappa shape index (κ1) is 15.5. The summed E-state index contributed by atoms with van der Waals surface area (Å²) < 4.78 is 0.886. The van der Waals surface area contributed by atoms with Gasteiger partial charge in [0.2, 0.25) is 0 Å². The maximum absolute atomic E-state index is 12.7. The van der Waals surface area contributed by atoms with Crippen molar-refractivity contribution in [3.8, 4) is 0 Å². The van der Waals surface area contributed by atoms with E-state index in [9.17, 15) is 4.79 Å². The molecule has 110 valence electrons. The van der Waals surface area contributed by atoms with Crippen molar-refractivity contribution in [1.29, 1.82) is 0 Å². The van der Waals surface area contributed by atoms with Crippen LogP contribution in [0.3, 0.4) is 0 Å². The molecule has 1 aromatic rings. The average Bonchev–Trinajstić information content (AvgIpc) is 2.47. The number of nitrogens with one attached hydrogen (secondary N) is 1. The molecular weight excluding hydrogens is 316 g/mol. The molecule has 0 bridgehead atoms. The van der Waals surface area contributed by atoms with Gasteiger partial charge in [0.15, 0.2) is 0 Å². The second-order valence-corrected chi connectivity index (χ2v) is 6.37. The van der Waals surface area contributed by atoms with Gasteiger partial charge < -0.3 is 10.2 Å². The normalized spacial score (nSPS) is 16.1. The Kier molecular flexibility index (Phi) is 5.61.